The molecule has 0 aliphatic carbocycles. The van der Waals surface area contributed by atoms with Crippen molar-refractivity contribution in [3.05, 3.63) is 60.3 Å². The van der Waals surface area contributed by atoms with Gasteiger partial charge in [-0.05, 0) is 30.2 Å². The summed E-state index contributed by atoms with van der Waals surface area (Å²) in [6, 6.07) is 13.4. The number of nitrogen functional groups attached to an aromatic ring is 1. The Morgan fingerprint density at radius 2 is 1.95 bits per heavy atom. The maximum absolute atomic E-state index is 11.6. The summed E-state index contributed by atoms with van der Waals surface area (Å²) in [5, 5.41) is 6.01. The average molecular weight is 296 g/mol. The second-order valence-electron chi connectivity index (χ2n) is 4.79. The quantitative estimate of drug-likeness (QED) is 0.541. The molecule has 114 valence electrons. The van der Waals surface area contributed by atoms with Gasteiger partial charge in [0.15, 0.2) is 0 Å². The number of aromatic nitrogens is 1. The van der Waals surface area contributed by atoms with Crippen LogP contribution in [0.4, 0.5) is 11.5 Å². The van der Waals surface area contributed by atoms with E-state index < -0.39 is 0 Å². The SMILES string of the molecule is Nc1ccc(NCCCNC(=O)/C=C/c2ccccc2)nc1. The first kappa shape index (κ1) is 15.6. The third-order valence-electron chi connectivity index (χ3n) is 2.97. The third-order valence-corrected chi connectivity index (χ3v) is 2.97. The molecule has 5 heteroatoms. The Kier molecular flexibility index (Phi) is 5.99. The number of amides is 1. The number of nitrogens with one attached hydrogen (secondary N) is 2. The maximum atomic E-state index is 11.6. The van der Waals surface area contributed by atoms with Crippen molar-refractivity contribution >= 4 is 23.5 Å². The number of nitrogens with two attached hydrogens (primary N) is 1. The Labute approximate surface area is 130 Å². The van der Waals surface area contributed by atoms with E-state index in [-0.39, 0.29) is 5.91 Å². The fraction of sp³-hybridized carbons (Fsp3) is 0.176. The topological polar surface area (TPSA) is 80.0 Å². The van der Waals surface area contributed by atoms with Crippen LogP contribution in [0.25, 0.3) is 6.08 Å². The monoisotopic (exact) mass is 296 g/mol. The number of hydrogen-bond donors (Lipinski definition) is 3. The van der Waals surface area contributed by atoms with Crippen molar-refractivity contribution in [3.63, 3.8) is 0 Å². The van der Waals surface area contributed by atoms with Gasteiger partial charge in [0, 0.05) is 19.2 Å². The lowest BCUT2D eigenvalue weighted by atomic mass is 10.2. The molecule has 0 saturated heterocycles. The molecular formula is C17H20N4O. The van der Waals surface area contributed by atoms with Crippen molar-refractivity contribution in [2.45, 2.75) is 6.42 Å². The van der Waals surface area contributed by atoms with Crippen molar-refractivity contribution in [2.24, 2.45) is 0 Å². The number of nitrogens with zero attached hydrogens (tertiary/aromatic N) is 1. The van der Waals surface area contributed by atoms with Gasteiger partial charge < -0.3 is 16.4 Å². The van der Waals surface area contributed by atoms with Crippen molar-refractivity contribution < 1.29 is 4.79 Å². The Balaban J connectivity index is 1.61. The zero-order chi connectivity index (χ0) is 15.6. The number of rotatable bonds is 7. The van der Waals surface area contributed by atoms with Gasteiger partial charge in [-0.15, -0.1) is 0 Å². The van der Waals surface area contributed by atoms with E-state index in [4.69, 9.17) is 5.73 Å². The van der Waals surface area contributed by atoms with Gasteiger partial charge >= 0.3 is 0 Å². The first-order valence-electron chi connectivity index (χ1n) is 7.20. The van der Waals surface area contributed by atoms with Gasteiger partial charge in [0.2, 0.25) is 5.91 Å². The van der Waals surface area contributed by atoms with Crippen LogP contribution in [0, 0.1) is 0 Å². The molecular weight excluding hydrogens is 276 g/mol. The standard InChI is InChI=1S/C17H20N4O/c18-15-8-9-16(21-13-15)19-11-4-12-20-17(22)10-7-14-5-2-1-3-6-14/h1-3,5-10,13H,4,11-12,18H2,(H,19,21)(H,20,22)/b10-7+. The largest absolute Gasteiger partial charge is 0.397 e. The van der Waals surface area contributed by atoms with E-state index in [0.29, 0.717) is 12.2 Å². The number of hydrogen-bond acceptors (Lipinski definition) is 4. The van der Waals surface area contributed by atoms with Crippen molar-refractivity contribution in [3.8, 4) is 0 Å². The Hall–Kier alpha value is -2.82. The van der Waals surface area contributed by atoms with Gasteiger partial charge in [0.1, 0.15) is 5.82 Å². The molecule has 5 nitrogen and oxygen atoms in total. The number of pyridine rings is 1. The van der Waals surface area contributed by atoms with Crippen molar-refractivity contribution in [1.82, 2.24) is 10.3 Å². The lowest BCUT2D eigenvalue weighted by molar-refractivity contribution is -0.116. The van der Waals surface area contributed by atoms with Crippen molar-refractivity contribution in [2.75, 3.05) is 24.1 Å². The molecule has 0 aliphatic rings. The van der Waals surface area contributed by atoms with E-state index in [2.05, 4.69) is 15.6 Å². The Morgan fingerprint density at radius 3 is 2.68 bits per heavy atom. The average Bonchev–Trinajstić information content (AvgIpc) is 2.55. The summed E-state index contributed by atoms with van der Waals surface area (Å²) < 4.78 is 0. The van der Waals surface area contributed by atoms with Crippen LogP contribution in [0.5, 0.6) is 0 Å². The summed E-state index contributed by atoms with van der Waals surface area (Å²) in [6.45, 7) is 1.35. The number of carbonyl (C=O) groups is 1. The minimum atomic E-state index is -0.0885. The van der Waals surface area contributed by atoms with E-state index in [9.17, 15) is 4.79 Å². The molecule has 0 spiro atoms. The Morgan fingerprint density at radius 1 is 1.14 bits per heavy atom. The summed E-state index contributed by atoms with van der Waals surface area (Å²) in [6.07, 6.45) is 5.77. The van der Waals surface area contributed by atoms with Crippen LogP contribution in [-0.2, 0) is 4.79 Å². The normalized spacial score (nSPS) is 10.5. The third kappa shape index (κ3) is 5.66. The highest BCUT2D eigenvalue weighted by Gasteiger charge is 1.96. The van der Waals surface area contributed by atoms with Gasteiger partial charge in [-0.3, -0.25) is 4.79 Å². The van der Waals surface area contributed by atoms with Crippen LogP contribution < -0.4 is 16.4 Å². The molecule has 4 N–H and O–H groups in total. The number of anilines is 2. The first-order valence-corrected chi connectivity index (χ1v) is 7.20. The van der Waals surface area contributed by atoms with E-state index in [1.54, 1.807) is 24.4 Å². The van der Waals surface area contributed by atoms with E-state index in [1.807, 2.05) is 36.4 Å². The lowest BCUT2D eigenvalue weighted by Gasteiger charge is -2.06. The molecule has 0 saturated carbocycles. The van der Waals surface area contributed by atoms with Crippen LogP contribution in [0.3, 0.4) is 0 Å². The van der Waals surface area contributed by atoms with Gasteiger partial charge in [0.25, 0.3) is 0 Å². The highest BCUT2D eigenvalue weighted by atomic mass is 16.1. The highest BCUT2D eigenvalue weighted by Crippen LogP contribution is 2.05. The minimum absolute atomic E-state index is 0.0885. The fourth-order valence-electron chi connectivity index (χ4n) is 1.82. The summed E-state index contributed by atoms with van der Waals surface area (Å²) in [5.41, 5.74) is 7.21. The number of carbonyl (C=O) groups excluding carboxylic acids is 1. The smallest absolute Gasteiger partial charge is 0.244 e. The predicted octanol–water partition coefficient (Wildman–Crippen LogP) is 2.30. The van der Waals surface area contributed by atoms with Gasteiger partial charge in [-0.2, -0.15) is 0 Å². The second kappa shape index (κ2) is 8.46. The van der Waals surface area contributed by atoms with Gasteiger partial charge in [0.05, 0.1) is 11.9 Å². The van der Waals surface area contributed by atoms with Gasteiger partial charge in [-0.1, -0.05) is 30.3 Å². The summed E-state index contributed by atoms with van der Waals surface area (Å²) in [4.78, 5) is 15.8. The first-order chi connectivity index (χ1) is 10.7. The van der Waals surface area contributed by atoms with Crippen molar-refractivity contribution in [1.29, 1.82) is 0 Å². The van der Waals surface area contributed by atoms with Crippen LogP contribution in [-0.4, -0.2) is 24.0 Å². The molecule has 1 aromatic heterocycles. The lowest BCUT2D eigenvalue weighted by Crippen LogP contribution is -2.23. The van der Waals surface area contributed by atoms with Crippen LogP contribution in [0.1, 0.15) is 12.0 Å². The maximum Gasteiger partial charge on any atom is 0.244 e. The summed E-state index contributed by atoms with van der Waals surface area (Å²) in [5.74, 6) is 0.693. The fourth-order valence-corrected chi connectivity index (χ4v) is 1.82. The zero-order valence-electron chi connectivity index (χ0n) is 12.3. The second-order valence-corrected chi connectivity index (χ2v) is 4.79. The van der Waals surface area contributed by atoms with Crippen LogP contribution in [0.15, 0.2) is 54.7 Å². The molecule has 0 bridgehead atoms. The summed E-state index contributed by atoms with van der Waals surface area (Å²) in [7, 11) is 0. The van der Waals surface area contributed by atoms with E-state index >= 15 is 0 Å². The molecule has 0 unspecified atom stereocenters. The molecule has 2 aromatic rings. The molecule has 2 rings (SSSR count). The molecule has 1 aromatic carbocycles. The zero-order valence-corrected chi connectivity index (χ0v) is 12.3. The van der Waals surface area contributed by atoms with E-state index in [1.165, 1.54) is 0 Å². The van der Waals surface area contributed by atoms with Gasteiger partial charge in [-0.25, -0.2) is 4.98 Å². The molecule has 1 heterocycles. The van der Waals surface area contributed by atoms with E-state index in [0.717, 1.165) is 24.3 Å². The highest BCUT2D eigenvalue weighted by molar-refractivity contribution is 5.91. The summed E-state index contributed by atoms with van der Waals surface area (Å²) >= 11 is 0. The Bertz CT molecular complexity index is 608. The van der Waals surface area contributed by atoms with Crippen LogP contribution in [0.2, 0.25) is 0 Å². The molecule has 1 amide bonds. The molecule has 0 radical (unpaired) electrons. The minimum Gasteiger partial charge on any atom is -0.397 e. The predicted molar refractivity (Wildman–Crippen MR) is 90.2 cm³/mol. The molecule has 0 fully saturated rings. The number of benzene rings is 1. The molecule has 22 heavy (non-hydrogen) atoms. The van der Waals surface area contributed by atoms with Crippen LogP contribution >= 0.6 is 0 Å². The molecule has 0 atom stereocenters. The molecule has 0 aliphatic heterocycles.